The van der Waals surface area contributed by atoms with Gasteiger partial charge in [-0.05, 0) is 43.2 Å². The monoisotopic (exact) mass is 323 g/mol. The summed E-state index contributed by atoms with van der Waals surface area (Å²) in [6.45, 7) is 4.50. The summed E-state index contributed by atoms with van der Waals surface area (Å²) in [6.07, 6.45) is 3.66. The molecule has 0 radical (unpaired) electrons. The number of nitrogens with two attached hydrogens (primary N) is 1. The standard InChI is InChI=1S/C17H25N3O.ClH/c1-12-5-2-3-8-16(12)19-17(21)11-20-9-13-6-4-7-15(18)14(13)10-20;/h2-3,5,8,13-15H,4,6-7,9-11,18H2,1H3,(H,19,21);1H. The Balaban J connectivity index is 0.00000176. The van der Waals surface area contributed by atoms with Gasteiger partial charge in [-0.1, -0.05) is 24.6 Å². The Morgan fingerprint density at radius 1 is 1.32 bits per heavy atom. The van der Waals surface area contributed by atoms with Crippen molar-refractivity contribution in [3.63, 3.8) is 0 Å². The summed E-state index contributed by atoms with van der Waals surface area (Å²) in [6, 6.07) is 8.23. The molecule has 22 heavy (non-hydrogen) atoms. The van der Waals surface area contributed by atoms with Crippen LogP contribution in [0.5, 0.6) is 0 Å². The molecule has 1 aromatic carbocycles. The topological polar surface area (TPSA) is 58.4 Å². The van der Waals surface area contributed by atoms with E-state index in [4.69, 9.17) is 5.73 Å². The van der Waals surface area contributed by atoms with Gasteiger partial charge in [0, 0.05) is 24.8 Å². The van der Waals surface area contributed by atoms with E-state index in [-0.39, 0.29) is 18.3 Å². The first-order valence-electron chi connectivity index (χ1n) is 7.97. The van der Waals surface area contributed by atoms with Gasteiger partial charge in [0.15, 0.2) is 0 Å². The average Bonchev–Trinajstić information content (AvgIpc) is 2.85. The zero-order valence-electron chi connectivity index (χ0n) is 13.1. The SMILES string of the molecule is Cc1ccccc1NC(=O)CN1CC2CCCC(N)C2C1.Cl. The van der Waals surface area contributed by atoms with Gasteiger partial charge in [0.05, 0.1) is 6.54 Å². The Morgan fingerprint density at radius 3 is 2.82 bits per heavy atom. The largest absolute Gasteiger partial charge is 0.327 e. The molecule has 1 heterocycles. The average molecular weight is 324 g/mol. The maximum atomic E-state index is 12.2. The number of fused-ring (bicyclic) bond motifs is 1. The van der Waals surface area contributed by atoms with Crippen LogP contribution >= 0.6 is 12.4 Å². The molecule has 0 spiro atoms. The van der Waals surface area contributed by atoms with Gasteiger partial charge in [-0.25, -0.2) is 0 Å². The van der Waals surface area contributed by atoms with Crippen molar-refractivity contribution in [2.75, 3.05) is 25.0 Å². The second-order valence-electron chi connectivity index (χ2n) is 6.58. The van der Waals surface area contributed by atoms with Crippen LogP contribution in [0.3, 0.4) is 0 Å². The van der Waals surface area contributed by atoms with Gasteiger partial charge in [0.2, 0.25) is 5.91 Å². The van der Waals surface area contributed by atoms with E-state index in [2.05, 4.69) is 10.2 Å². The van der Waals surface area contributed by atoms with Crippen molar-refractivity contribution in [2.45, 2.75) is 32.2 Å². The second kappa shape index (κ2) is 7.44. The molecule has 1 saturated carbocycles. The number of carbonyl (C=O) groups is 1. The van der Waals surface area contributed by atoms with Crippen LogP contribution in [0.4, 0.5) is 5.69 Å². The number of nitrogens with one attached hydrogen (secondary N) is 1. The number of aryl methyl sites for hydroxylation is 1. The number of likely N-dealkylation sites (tertiary alicyclic amines) is 1. The molecule has 1 amide bonds. The molecule has 2 aliphatic rings. The lowest BCUT2D eigenvalue weighted by atomic mass is 9.78. The second-order valence-corrected chi connectivity index (χ2v) is 6.58. The van der Waals surface area contributed by atoms with Crippen LogP contribution in [0.15, 0.2) is 24.3 Å². The predicted molar refractivity (Wildman–Crippen MR) is 92.3 cm³/mol. The van der Waals surface area contributed by atoms with Crippen molar-refractivity contribution >= 4 is 24.0 Å². The van der Waals surface area contributed by atoms with Crippen LogP contribution in [-0.2, 0) is 4.79 Å². The molecule has 0 aromatic heterocycles. The fourth-order valence-corrected chi connectivity index (χ4v) is 3.84. The van der Waals surface area contributed by atoms with Gasteiger partial charge in [0.25, 0.3) is 0 Å². The molecule has 1 aromatic rings. The lowest BCUT2D eigenvalue weighted by Gasteiger charge is -2.29. The van der Waals surface area contributed by atoms with Gasteiger partial charge < -0.3 is 11.1 Å². The number of hydrogen-bond donors (Lipinski definition) is 2. The van der Waals surface area contributed by atoms with Crippen molar-refractivity contribution in [3.05, 3.63) is 29.8 Å². The van der Waals surface area contributed by atoms with Crippen molar-refractivity contribution in [3.8, 4) is 0 Å². The molecule has 3 rings (SSSR count). The lowest BCUT2D eigenvalue weighted by molar-refractivity contribution is -0.117. The minimum atomic E-state index is 0. The highest BCUT2D eigenvalue weighted by Crippen LogP contribution is 2.35. The third-order valence-electron chi connectivity index (χ3n) is 5.02. The Hall–Kier alpha value is -1.10. The van der Waals surface area contributed by atoms with Crippen LogP contribution in [0.1, 0.15) is 24.8 Å². The zero-order valence-corrected chi connectivity index (χ0v) is 13.9. The van der Waals surface area contributed by atoms with Crippen LogP contribution in [0.2, 0.25) is 0 Å². The number of para-hydroxylation sites is 1. The van der Waals surface area contributed by atoms with E-state index in [1.54, 1.807) is 0 Å². The molecule has 1 saturated heterocycles. The molecular weight excluding hydrogens is 298 g/mol. The van der Waals surface area contributed by atoms with Gasteiger partial charge in [0.1, 0.15) is 0 Å². The third-order valence-corrected chi connectivity index (χ3v) is 5.02. The molecule has 1 aliphatic carbocycles. The summed E-state index contributed by atoms with van der Waals surface area (Å²) in [4.78, 5) is 14.5. The van der Waals surface area contributed by atoms with Crippen LogP contribution in [0, 0.1) is 18.8 Å². The Bertz CT molecular complexity index is 522. The number of anilines is 1. The van der Waals surface area contributed by atoms with Crippen LogP contribution in [0.25, 0.3) is 0 Å². The highest BCUT2D eigenvalue weighted by molar-refractivity contribution is 5.92. The minimum absolute atomic E-state index is 0. The third kappa shape index (κ3) is 3.80. The van der Waals surface area contributed by atoms with Crippen molar-refractivity contribution in [2.24, 2.45) is 17.6 Å². The number of hydrogen-bond acceptors (Lipinski definition) is 3. The number of carbonyl (C=O) groups excluding carboxylic acids is 1. The molecular formula is C17H26ClN3O. The van der Waals surface area contributed by atoms with E-state index in [9.17, 15) is 4.79 Å². The van der Waals surface area contributed by atoms with E-state index in [1.165, 1.54) is 12.8 Å². The summed E-state index contributed by atoms with van der Waals surface area (Å²) in [7, 11) is 0. The maximum Gasteiger partial charge on any atom is 0.238 e. The van der Waals surface area contributed by atoms with Gasteiger partial charge in [-0.3, -0.25) is 9.69 Å². The zero-order chi connectivity index (χ0) is 14.8. The summed E-state index contributed by atoms with van der Waals surface area (Å²) in [5.74, 6) is 1.36. The van der Waals surface area contributed by atoms with E-state index in [0.29, 0.717) is 24.4 Å². The van der Waals surface area contributed by atoms with Crippen molar-refractivity contribution in [1.29, 1.82) is 0 Å². The quantitative estimate of drug-likeness (QED) is 0.898. The van der Waals surface area contributed by atoms with E-state index < -0.39 is 0 Å². The Labute approximate surface area is 138 Å². The first kappa shape index (κ1) is 17.3. The summed E-state index contributed by atoms with van der Waals surface area (Å²) < 4.78 is 0. The summed E-state index contributed by atoms with van der Waals surface area (Å²) in [5.41, 5.74) is 8.24. The van der Waals surface area contributed by atoms with E-state index in [1.807, 2.05) is 31.2 Å². The molecule has 1 aliphatic heterocycles. The Kier molecular flexibility index (Phi) is 5.84. The molecule has 3 N–H and O–H groups in total. The highest BCUT2D eigenvalue weighted by Gasteiger charge is 2.38. The summed E-state index contributed by atoms with van der Waals surface area (Å²) >= 11 is 0. The molecule has 4 nitrogen and oxygen atoms in total. The molecule has 2 fully saturated rings. The normalized spacial score (nSPS) is 27.8. The van der Waals surface area contributed by atoms with Crippen molar-refractivity contribution < 1.29 is 4.79 Å². The summed E-state index contributed by atoms with van der Waals surface area (Å²) in [5, 5.41) is 3.02. The molecule has 122 valence electrons. The number of amides is 1. The minimum Gasteiger partial charge on any atom is -0.327 e. The molecule has 3 atom stereocenters. The number of benzene rings is 1. The van der Waals surface area contributed by atoms with Crippen LogP contribution in [-0.4, -0.2) is 36.5 Å². The maximum absolute atomic E-state index is 12.2. The fraction of sp³-hybridized carbons (Fsp3) is 0.588. The first-order chi connectivity index (χ1) is 10.1. The first-order valence-corrected chi connectivity index (χ1v) is 7.97. The lowest BCUT2D eigenvalue weighted by Crippen LogP contribution is -2.38. The van der Waals surface area contributed by atoms with Crippen LogP contribution < -0.4 is 11.1 Å². The van der Waals surface area contributed by atoms with Crippen molar-refractivity contribution in [1.82, 2.24) is 4.90 Å². The fourth-order valence-electron chi connectivity index (χ4n) is 3.84. The molecule has 0 bridgehead atoms. The van der Waals surface area contributed by atoms with Gasteiger partial charge in [-0.15, -0.1) is 12.4 Å². The highest BCUT2D eigenvalue weighted by atomic mass is 35.5. The number of rotatable bonds is 3. The molecule has 3 unspecified atom stereocenters. The van der Waals surface area contributed by atoms with E-state index >= 15 is 0 Å². The smallest absolute Gasteiger partial charge is 0.238 e. The van der Waals surface area contributed by atoms with Gasteiger partial charge in [-0.2, -0.15) is 0 Å². The predicted octanol–water partition coefficient (Wildman–Crippen LogP) is 2.41. The number of halogens is 1. The van der Waals surface area contributed by atoms with Gasteiger partial charge >= 0.3 is 0 Å². The molecule has 5 heteroatoms. The Morgan fingerprint density at radius 2 is 2.09 bits per heavy atom. The van der Waals surface area contributed by atoms with E-state index in [0.717, 1.165) is 30.8 Å². The number of nitrogens with zero attached hydrogens (tertiary/aromatic N) is 1.